The van der Waals surface area contributed by atoms with Crippen molar-refractivity contribution < 1.29 is 4.79 Å². The molecule has 0 N–H and O–H groups in total. The summed E-state index contributed by atoms with van der Waals surface area (Å²) in [5, 5.41) is 5.78. The Hall–Kier alpha value is -2.23. The summed E-state index contributed by atoms with van der Waals surface area (Å²) in [5.74, 6) is -0.190. The van der Waals surface area contributed by atoms with E-state index >= 15 is 0 Å². The van der Waals surface area contributed by atoms with E-state index in [1.165, 1.54) is 10.8 Å². The quantitative estimate of drug-likeness (QED) is 0.540. The number of amides is 1. The molecule has 0 spiro atoms. The number of hydrogen-bond donors (Lipinski definition) is 0. The van der Waals surface area contributed by atoms with Crippen LogP contribution in [0.5, 0.6) is 0 Å². The predicted octanol–water partition coefficient (Wildman–Crippen LogP) is 2.35. The molecule has 16 heavy (non-hydrogen) atoms. The number of carbonyl (C=O) groups is 1. The normalized spacial score (nSPS) is 13.0. The Morgan fingerprint density at radius 1 is 0.938 bits per heavy atom. The van der Waals surface area contributed by atoms with Crippen LogP contribution in [0.3, 0.4) is 0 Å². The van der Waals surface area contributed by atoms with E-state index in [-0.39, 0.29) is 12.5 Å². The Kier molecular flexibility index (Phi) is 2.91. The van der Waals surface area contributed by atoms with Crippen LogP contribution in [0, 0.1) is 4.91 Å². The maximum absolute atomic E-state index is 9.75. The molecule has 2 aromatic rings. The summed E-state index contributed by atoms with van der Waals surface area (Å²) in [4.78, 5) is 19.0. The second-order valence-corrected chi connectivity index (χ2v) is 3.38. The van der Waals surface area contributed by atoms with Gasteiger partial charge in [0.2, 0.25) is 0 Å². The van der Waals surface area contributed by atoms with Crippen molar-refractivity contribution in [2.45, 2.75) is 0 Å². The minimum Gasteiger partial charge on any atom is -0.271 e. The third-order valence-corrected chi connectivity index (χ3v) is 2.23. The van der Waals surface area contributed by atoms with Crippen LogP contribution in [0.1, 0.15) is 0 Å². The zero-order chi connectivity index (χ0) is 11.4. The van der Waals surface area contributed by atoms with Crippen molar-refractivity contribution in [3.05, 3.63) is 53.4 Å². The molecule has 4 heteroatoms. The highest BCUT2D eigenvalue weighted by Gasteiger charge is 2.31. The van der Waals surface area contributed by atoms with Gasteiger partial charge in [-0.05, 0) is 10.8 Å². The van der Waals surface area contributed by atoms with Crippen LogP contribution in [-0.2, 0) is 4.79 Å². The van der Waals surface area contributed by atoms with Crippen molar-refractivity contribution in [3.8, 4) is 0 Å². The Bertz CT molecular complexity index is 460. The molecule has 1 fully saturated rings. The number of fused-ring (bicyclic) bond motifs is 1. The van der Waals surface area contributed by atoms with Gasteiger partial charge in [0.1, 0.15) is 6.54 Å². The van der Waals surface area contributed by atoms with Crippen molar-refractivity contribution in [2.75, 3.05) is 6.54 Å². The topological polar surface area (TPSA) is 49.5 Å². The third kappa shape index (κ3) is 2.42. The lowest BCUT2D eigenvalue weighted by atomic mass is 10.1. The minimum absolute atomic E-state index is 0.190. The van der Waals surface area contributed by atoms with Gasteiger partial charge in [-0.2, -0.15) is 5.01 Å². The Morgan fingerprint density at radius 3 is 1.50 bits per heavy atom. The first kappa shape index (κ1) is 10.3. The summed E-state index contributed by atoms with van der Waals surface area (Å²) in [6, 6.07) is 16.7. The van der Waals surface area contributed by atoms with Crippen LogP contribution in [0.25, 0.3) is 10.8 Å². The van der Waals surface area contributed by atoms with Crippen molar-refractivity contribution >= 4 is 16.7 Å². The molecule has 0 saturated carbocycles. The summed E-state index contributed by atoms with van der Waals surface area (Å²) in [6.45, 7) is 0.212. The van der Waals surface area contributed by atoms with E-state index in [1.54, 1.807) is 0 Å². The van der Waals surface area contributed by atoms with Crippen LogP contribution >= 0.6 is 0 Å². The molecule has 1 aliphatic heterocycles. The van der Waals surface area contributed by atoms with Gasteiger partial charge in [-0.1, -0.05) is 48.5 Å². The molecular formula is C12H10N2O2. The monoisotopic (exact) mass is 214 g/mol. The first-order chi connectivity index (χ1) is 7.81. The Morgan fingerprint density at radius 2 is 1.31 bits per heavy atom. The smallest absolute Gasteiger partial charge is 0.267 e. The minimum atomic E-state index is -0.190. The lowest BCUT2D eigenvalue weighted by molar-refractivity contribution is -0.113. The van der Waals surface area contributed by atoms with E-state index < -0.39 is 0 Å². The van der Waals surface area contributed by atoms with Crippen LogP contribution in [0.4, 0.5) is 0 Å². The van der Waals surface area contributed by atoms with Gasteiger partial charge >= 0.3 is 0 Å². The van der Waals surface area contributed by atoms with Gasteiger partial charge < -0.3 is 0 Å². The highest BCUT2D eigenvalue weighted by atomic mass is 16.3. The largest absolute Gasteiger partial charge is 0.271 e. The number of carbonyl (C=O) groups excluding carboxylic acids is 1. The molecule has 0 aromatic heterocycles. The summed E-state index contributed by atoms with van der Waals surface area (Å²) >= 11 is 0. The van der Waals surface area contributed by atoms with Crippen molar-refractivity contribution in [1.29, 1.82) is 0 Å². The molecule has 1 heterocycles. The molecule has 4 nitrogen and oxygen atoms in total. The fourth-order valence-corrected chi connectivity index (χ4v) is 1.30. The van der Waals surface area contributed by atoms with Crippen LogP contribution in [0.2, 0.25) is 0 Å². The zero-order valence-electron chi connectivity index (χ0n) is 8.54. The number of benzene rings is 2. The second-order valence-electron chi connectivity index (χ2n) is 3.38. The molecule has 0 aliphatic carbocycles. The first-order valence-corrected chi connectivity index (χ1v) is 4.88. The van der Waals surface area contributed by atoms with Crippen molar-refractivity contribution in [2.24, 2.45) is 5.29 Å². The highest BCUT2D eigenvalue weighted by Crippen LogP contribution is 2.11. The SMILES string of the molecule is O=NN1CC1=O.c1ccc2ccccc2c1. The van der Waals surface area contributed by atoms with E-state index in [0.717, 1.165) is 5.01 Å². The lowest BCUT2D eigenvalue weighted by Crippen LogP contribution is -1.78. The average Bonchev–Trinajstić information content (AvgIpc) is 3.07. The highest BCUT2D eigenvalue weighted by molar-refractivity contribution is 5.91. The number of nitroso groups, excluding NO2 is 1. The zero-order valence-corrected chi connectivity index (χ0v) is 8.54. The number of rotatable bonds is 1. The van der Waals surface area contributed by atoms with Gasteiger partial charge in [0.05, 0.1) is 5.29 Å². The van der Waals surface area contributed by atoms with Gasteiger partial charge in [0, 0.05) is 0 Å². The van der Waals surface area contributed by atoms with E-state index in [9.17, 15) is 9.70 Å². The second kappa shape index (κ2) is 4.53. The fraction of sp³-hybridized carbons (Fsp3) is 0.0833. The van der Waals surface area contributed by atoms with Crippen molar-refractivity contribution in [1.82, 2.24) is 5.01 Å². The maximum Gasteiger partial charge on any atom is 0.267 e. The van der Waals surface area contributed by atoms with E-state index in [2.05, 4.69) is 53.8 Å². The van der Waals surface area contributed by atoms with Crippen molar-refractivity contribution in [3.63, 3.8) is 0 Å². The van der Waals surface area contributed by atoms with Gasteiger partial charge in [-0.25, -0.2) is 0 Å². The third-order valence-electron chi connectivity index (χ3n) is 2.23. The summed E-state index contributed by atoms with van der Waals surface area (Å²) in [7, 11) is 0. The van der Waals surface area contributed by atoms with Gasteiger partial charge in [-0.15, -0.1) is 4.91 Å². The molecule has 1 aliphatic rings. The molecule has 2 aromatic carbocycles. The summed E-state index contributed by atoms with van der Waals surface area (Å²) < 4.78 is 0. The van der Waals surface area contributed by atoms with Crippen LogP contribution in [0.15, 0.2) is 53.8 Å². The standard InChI is InChI=1S/C10H8.C2H2N2O2/c1-2-6-10-8-4-3-7-9(10)5-1;5-2-1-4(2)3-6/h1-8H;1H2. The lowest BCUT2D eigenvalue weighted by Gasteiger charge is -1.92. The fourth-order valence-electron chi connectivity index (χ4n) is 1.30. The molecule has 0 radical (unpaired) electrons. The number of hydrogen-bond acceptors (Lipinski definition) is 3. The van der Waals surface area contributed by atoms with Gasteiger partial charge in [0.15, 0.2) is 0 Å². The molecular weight excluding hydrogens is 204 g/mol. The molecule has 0 bridgehead atoms. The Balaban J connectivity index is 0.000000138. The van der Waals surface area contributed by atoms with E-state index in [0.29, 0.717) is 0 Å². The molecule has 1 amide bonds. The predicted molar refractivity (Wildman–Crippen MR) is 61.5 cm³/mol. The molecule has 0 unspecified atom stereocenters. The number of nitrogens with zero attached hydrogens (tertiary/aromatic N) is 2. The summed E-state index contributed by atoms with van der Waals surface area (Å²) in [6.07, 6.45) is 0. The van der Waals surface area contributed by atoms with Crippen LogP contribution in [-0.4, -0.2) is 17.5 Å². The van der Waals surface area contributed by atoms with E-state index in [4.69, 9.17) is 0 Å². The molecule has 80 valence electrons. The molecule has 1 saturated heterocycles. The van der Waals surface area contributed by atoms with Gasteiger partial charge in [0.25, 0.3) is 5.91 Å². The maximum atomic E-state index is 9.75. The van der Waals surface area contributed by atoms with Gasteiger partial charge in [-0.3, -0.25) is 4.79 Å². The Labute approximate surface area is 92.4 Å². The van der Waals surface area contributed by atoms with Crippen LogP contribution < -0.4 is 0 Å². The molecule has 3 rings (SSSR count). The first-order valence-electron chi connectivity index (χ1n) is 4.88. The summed E-state index contributed by atoms with van der Waals surface area (Å²) in [5.41, 5.74) is 0. The average molecular weight is 214 g/mol. The molecule has 0 atom stereocenters. The van der Waals surface area contributed by atoms with E-state index in [1.807, 2.05) is 0 Å².